The van der Waals surface area contributed by atoms with Gasteiger partial charge in [-0.15, -0.1) is 0 Å². The van der Waals surface area contributed by atoms with Gasteiger partial charge in [0.25, 0.3) is 0 Å². The molecule has 1 amide bonds. The first kappa shape index (κ1) is 23.6. The number of hydrogen-bond acceptors (Lipinski definition) is 6. The fourth-order valence-corrected chi connectivity index (χ4v) is 4.29. The largest absolute Gasteiger partial charge is 0.388 e. The minimum Gasteiger partial charge on any atom is -0.388 e. The zero-order valence-corrected chi connectivity index (χ0v) is 18.2. The molecule has 2 heterocycles. The van der Waals surface area contributed by atoms with Crippen LogP contribution in [0.15, 0.2) is 48.5 Å². The Hall–Kier alpha value is -2.59. The van der Waals surface area contributed by atoms with Gasteiger partial charge < -0.3 is 30.1 Å². The standard InChI is InChI=1S/C24H29F2N3O4/c25-17-3-1-16(2-4-17)14-27-15-21-24(32)23(31)20(33-21)13-22(30)29-11-9-28(10-12-29)19-7-5-18(26)6-8-19/h1-8,20-21,23-24,27,31-32H,9-15H2. The Bertz CT molecular complexity index is 920. The van der Waals surface area contributed by atoms with Crippen molar-refractivity contribution < 1.29 is 28.5 Å². The van der Waals surface area contributed by atoms with Crippen LogP contribution in [0.1, 0.15) is 12.0 Å². The number of benzene rings is 2. The third-order valence-corrected chi connectivity index (χ3v) is 6.25. The topological polar surface area (TPSA) is 85.3 Å². The van der Waals surface area contributed by atoms with E-state index in [-0.39, 0.29) is 30.5 Å². The van der Waals surface area contributed by atoms with Crippen molar-refractivity contribution in [1.82, 2.24) is 10.2 Å². The maximum atomic E-state index is 13.1. The van der Waals surface area contributed by atoms with E-state index in [1.807, 2.05) is 0 Å². The summed E-state index contributed by atoms with van der Waals surface area (Å²) in [5.41, 5.74) is 1.80. The normalized spacial score (nSPS) is 25.5. The molecule has 2 aliphatic heterocycles. The number of rotatable bonds is 7. The summed E-state index contributed by atoms with van der Waals surface area (Å²) in [5, 5.41) is 23.9. The van der Waals surface area contributed by atoms with Crippen LogP contribution in [0.3, 0.4) is 0 Å². The summed E-state index contributed by atoms with van der Waals surface area (Å²) >= 11 is 0. The zero-order chi connectivity index (χ0) is 23.4. The number of carbonyl (C=O) groups excluding carboxylic acids is 1. The van der Waals surface area contributed by atoms with Crippen molar-refractivity contribution in [2.24, 2.45) is 0 Å². The number of nitrogens with one attached hydrogen (secondary N) is 1. The summed E-state index contributed by atoms with van der Waals surface area (Å²) < 4.78 is 31.9. The predicted octanol–water partition coefficient (Wildman–Crippen LogP) is 1.28. The van der Waals surface area contributed by atoms with E-state index < -0.39 is 24.4 Å². The second kappa shape index (κ2) is 10.6. The quantitative estimate of drug-likeness (QED) is 0.576. The van der Waals surface area contributed by atoms with E-state index in [4.69, 9.17) is 4.74 Å². The predicted molar refractivity (Wildman–Crippen MR) is 119 cm³/mol. The number of hydrogen-bond donors (Lipinski definition) is 3. The minimum atomic E-state index is -1.15. The lowest BCUT2D eigenvalue weighted by atomic mass is 10.0. The van der Waals surface area contributed by atoms with Gasteiger partial charge in [-0.3, -0.25) is 4.79 Å². The Balaban J connectivity index is 1.22. The average Bonchev–Trinajstić information content (AvgIpc) is 3.09. The summed E-state index contributed by atoms with van der Waals surface area (Å²) in [5.74, 6) is -0.723. The molecule has 0 bridgehead atoms. The van der Waals surface area contributed by atoms with Crippen LogP contribution < -0.4 is 10.2 Å². The van der Waals surface area contributed by atoms with Crippen molar-refractivity contribution in [3.05, 3.63) is 65.7 Å². The molecule has 2 aromatic carbocycles. The van der Waals surface area contributed by atoms with Gasteiger partial charge in [0.15, 0.2) is 0 Å². The Morgan fingerprint density at radius 3 is 2.12 bits per heavy atom. The third kappa shape index (κ3) is 5.86. The highest BCUT2D eigenvalue weighted by Gasteiger charge is 2.43. The number of ether oxygens (including phenoxy) is 1. The lowest BCUT2D eigenvalue weighted by molar-refractivity contribution is -0.135. The summed E-state index contributed by atoms with van der Waals surface area (Å²) in [6.07, 6.45) is -3.68. The van der Waals surface area contributed by atoms with Crippen molar-refractivity contribution in [2.45, 2.75) is 37.4 Å². The van der Waals surface area contributed by atoms with E-state index >= 15 is 0 Å². The summed E-state index contributed by atoms with van der Waals surface area (Å²) in [6.45, 7) is 3.05. The molecule has 178 valence electrons. The first-order valence-electron chi connectivity index (χ1n) is 11.2. The molecule has 4 unspecified atom stereocenters. The molecule has 0 aromatic heterocycles. The molecule has 3 N–H and O–H groups in total. The van der Waals surface area contributed by atoms with Crippen LogP contribution in [0.5, 0.6) is 0 Å². The van der Waals surface area contributed by atoms with Crippen molar-refractivity contribution in [3.8, 4) is 0 Å². The van der Waals surface area contributed by atoms with Crippen LogP contribution in [-0.2, 0) is 16.1 Å². The molecule has 0 aliphatic carbocycles. The number of nitrogens with zero attached hydrogens (tertiary/aromatic N) is 2. The number of aliphatic hydroxyl groups is 2. The van der Waals surface area contributed by atoms with E-state index in [2.05, 4.69) is 10.2 Å². The molecule has 2 aliphatic rings. The maximum absolute atomic E-state index is 13.1. The van der Waals surface area contributed by atoms with Gasteiger partial charge in [-0.2, -0.15) is 0 Å². The van der Waals surface area contributed by atoms with Crippen molar-refractivity contribution in [3.63, 3.8) is 0 Å². The highest BCUT2D eigenvalue weighted by atomic mass is 19.1. The molecule has 4 rings (SSSR count). The molecule has 4 atom stereocenters. The van der Waals surface area contributed by atoms with Crippen molar-refractivity contribution >= 4 is 11.6 Å². The molecule has 0 spiro atoms. The number of carbonyl (C=O) groups is 1. The first-order chi connectivity index (χ1) is 15.9. The number of aliphatic hydroxyl groups excluding tert-OH is 2. The van der Waals surface area contributed by atoms with Crippen LogP contribution in [-0.4, -0.2) is 78.2 Å². The van der Waals surface area contributed by atoms with Gasteiger partial charge in [0.05, 0.1) is 18.6 Å². The lowest BCUT2D eigenvalue weighted by Gasteiger charge is -2.36. The molecule has 9 heteroatoms. The molecule has 7 nitrogen and oxygen atoms in total. The minimum absolute atomic E-state index is 0.0107. The first-order valence-corrected chi connectivity index (χ1v) is 11.2. The number of piperazine rings is 1. The number of amides is 1. The van der Waals surface area contributed by atoms with Crippen LogP contribution in [0.2, 0.25) is 0 Å². The molecule has 33 heavy (non-hydrogen) atoms. The van der Waals surface area contributed by atoms with Crippen LogP contribution in [0.4, 0.5) is 14.5 Å². The molecular weight excluding hydrogens is 432 g/mol. The smallest absolute Gasteiger partial charge is 0.225 e. The van der Waals surface area contributed by atoms with E-state index in [1.54, 1.807) is 29.2 Å². The van der Waals surface area contributed by atoms with Crippen molar-refractivity contribution in [2.75, 3.05) is 37.6 Å². The van der Waals surface area contributed by atoms with E-state index in [0.717, 1.165) is 11.3 Å². The Kier molecular flexibility index (Phi) is 7.54. The molecule has 2 fully saturated rings. The summed E-state index contributed by atoms with van der Waals surface area (Å²) in [7, 11) is 0. The molecule has 2 aromatic rings. The SMILES string of the molecule is O=C(CC1OC(CNCc2ccc(F)cc2)C(O)C1O)N1CCN(c2ccc(F)cc2)CC1. The van der Waals surface area contributed by atoms with Crippen LogP contribution >= 0.6 is 0 Å². The Labute approximate surface area is 191 Å². The monoisotopic (exact) mass is 461 g/mol. The van der Waals surface area contributed by atoms with Crippen LogP contribution in [0, 0.1) is 11.6 Å². The molecule has 0 saturated carbocycles. The van der Waals surface area contributed by atoms with Gasteiger partial charge in [-0.1, -0.05) is 12.1 Å². The van der Waals surface area contributed by atoms with Gasteiger partial charge in [-0.05, 0) is 42.0 Å². The molecular formula is C24H29F2N3O4. The lowest BCUT2D eigenvalue weighted by Crippen LogP contribution is -2.49. The number of halogens is 2. The van der Waals surface area contributed by atoms with E-state index in [0.29, 0.717) is 32.7 Å². The van der Waals surface area contributed by atoms with Gasteiger partial charge in [0, 0.05) is 45.0 Å². The Morgan fingerprint density at radius 1 is 0.909 bits per heavy atom. The van der Waals surface area contributed by atoms with E-state index in [1.165, 1.54) is 24.3 Å². The summed E-state index contributed by atoms with van der Waals surface area (Å²) in [6, 6.07) is 12.4. The third-order valence-electron chi connectivity index (χ3n) is 6.25. The summed E-state index contributed by atoms with van der Waals surface area (Å²) in [4.78, 5) is 16.6. The van der Waals surface area contributed by atoms with Gasteiger partial charge >= 0.3 is 0 Å². The highest BCUT2D eigenvalue weighted by Crippen LogP contribution is 2.25. The number of anilines is 1. The van der Waals surface area contributed by atoms with Crippen molar-refractivity contribution in [1.29, 1.82) is 0 Å². The second-order valence-corrected chi connectivity index (χ2v) is 8.50. The zero-order valence-electron chi connectivity index (χ0n) is 18.2. The van der Waals surface area contributed by atoms with Crippen LogP contribution in [0.25, 0.3) is 0 Å². The fourth-order valence-electron chi connectivity index (χ4n) is 4.29. The average molecular weight is 462 g/mol. The molecule has 0 radical (unpaired) electrons. The molecule has 2 saturated heterocycles. The van der Waals surface area contributed by atoms with Gasteiger partial charge in [0.1, 0.15) is 23.8 Å². The van der Waals surface area contributed by atoms with Gasteiger partial charge in [0.2, 0.25) is 5.91 Å². The highest BCUT2D eigenvalue weighted by molar-refractivity contribution is 5.77. The van der Waals surface area contributed by atoms with E-state index in [9.17, 15) is 23.8 Å². The second-order valence-electron chi connectivity index (χ2n) is 8.50. The maximum Gasteiger partial charge on any atom is 0.225 e. The fraction of sp³-hybridized carbons (Fsp3) is 0.458. The Morgan fingerprint density at radius 2 is 1.48 bits per heavy atom. The van der Waals surface area contributed by atoms with Gasteiger partial charge in [-0.25, -0.2) is 8.78 Å².